The molecule has 2 atom stereocenters. The molecule has 2 aromatic carbocycles. The molecule has 5 rings (SSSR count). The second-order valence-corrected chi connectivity index (χ2v) is 8.86. The minimum absolute atomic E-state index is 0.0129. The van der Waals surface area contributed by atoms with Crippen LogP contribution in [0.25, 0.3) is 10.9 Å². The van der Waals surface area contributed by atoms with Crippen LogP contribution in [0, 0.1) is 5.92 Å². The van der Waals surface area contributed by atoms with Gasteiger partial charge in [0.15, 0.2) is 0 Å². The Hall–Kier alpha value is -3.16. The lowest BCUT2D eigenvalue weighted by atomic mass is 9.86. The molecule has 2 amide bonds. The number of nitrogens with one attached hydrogen (secondary N) is 4. The lowest BCUT2D eigenvalue weighted by Crippen LogP contribution is -2.50. The van der Waals surface area contributed by atoms with Crippen molar-refractivity contribution in [1.29, 1.82) is 0 Å². The van der Waals surface area contributed by atoms with Crippen molar-refractivity contribution in [1.82, 2.24) is 21.1 Å². The van der Waals surface area contributed by atoms with Gasteiger partial charge in [0.1, 0.15) is 0 Å². The van der Waals surface area contributed by atoms with Crippen LogP contribution in [0.15, 0.2) is 48.5 Å². The highest BCUT2D eigenvalue weighted by molar-refractivity contribution is 5.93. The molecule has 3 aromatic rings. The first-order chi connectivity index (χ1) is 15.6. The molecule has 1 fully saturated rings. The van der Waals surface area contributed by atoms with E-state index in [4.69, 9.17) is 5.21 Å². The number of hydroxylamine groups is 1. The third-order valence-corrected chi connectivity index (χ3v) is 6.92. The molecule has 2 heterocycles. The monoisotopic (exact) mass is 432 g/mol. The summed E-state index contributed by atoms with van der Waals surface area (Å²) in [6.07, 6.45) is 5.53. The molecule has 0 unspecified atom stereocenters. The van der Waals surface area contributed by atoms with Crippen LogP contribution in [-0.4, -0.2) is 28.0 Å². The van der Waals surface area contributed by atoms with Crippen molar-refractivity contribution >= 4 is 22.7 Å². The third kappa shape index (κ3) is 3.89. The van der Waals surface area contributed by atoms with Crippen molar-refractivity contribution in [3.8, 4) is 0 Å². The van der Waals surface area contributed by atoms with Crippen molar-refractivity contribution in [2.45, 2.75) is 50.7 Å². The molecule has 2 aliphatic rings. The lowest BCUT2D eigenvalue weighted by molar-refractivity contribution is -0.123. The summed E-state index contributed by atoms with van der Waals surface area (Å²) in [4.78, 5) is 28.2. The maximum absolute atomic E-state index is 13.1. The topological polar surface area (TPSA) is 106 Å². The number of hydrogen-bond acceptors (Lipinski definition) is 4. The number of carbonyl (C=O) groups is 2. The molecule has 0 spiro atoms. The first-order valence-corrected chi connectivity index (χ1v) is 11.3. The Bertz CT molecular complexity index is 1130. The fraction of sp³-hybridized carbons (Fsp3) is 0.360. The van der Waals surface area contributed by atoms with Crippen LogP contribution in [0.4, 0.5) is 0 Å². The van der Waals surface area contributed by atoms with E-state index in [0.717, 1.165) is 11.1 Å². The second-order valence-electron chi connectivity index (χ2n) is 8.86. The van der Waals surface area contributed by atoms with Gasteiger partial charge in [0, 0.05) is 28.7 Å². The van der Waals surface area contributed by atoms with E-state index in [9.17, 15) is 9.59 Å². The van der Waals surface area contributed by atoms with Crippen LogP contribution in [0.2, 0.25) is 0 Å². The van der Waals surface area contributed by atoms with E-state index in [0.29, 0.717) is 24.4 Å². The number of aromatic nitrogens is 1. The van der Waals surface area contributed by atoms with E-state index in [-0.39, 0.29) is 18.0 Å². The standard InChI is InChI=1S/C25H28N4O3/c30-24(29-32)17-11-9-15(10-12-17)14-26-25(31)21-13-19-18-7-3-4-8-20(18)27-23(19)22(28-21)16-5-1-2-6-16/h3-4,7-12,16,21-22,27-28,32H,1-2,5-6,13-14H2,(H,26,31)(H,29,30)/t21-,22+/m1/s1. The number of amides is 2. The Labute approximate surface area is 186 Å². The third-order valence-electron chi connectivity index (χ3n) is 6.92. The van der Waals surface area contributed by atoms with E-state index in [1.54, 1.807) is 29.7 Å². The van der Waals surface area contributed by atoms with Gasteiger partial charge in [0.25, 0.3) is 5.91 Å². The van der Waals surface area contributed by atoms with E-state index in [2.05, 4.69) is 33.8 Å². The smallest absolute Gasteiger partial charge is 0.274 e. The van der Waals surface area contributed by atoms with Gasteiger partial charge in [0.2, 0.25) is 5.91 Å². The van der Waals surface area contributed by atoms with E-state index >= 15 is 0 Å². The van der Waals surface area contributed by atoms with Gasteiger partial charge >= 0.3 is 0 Å². The highest BCUT2D eigenvalue weighted by Gasteiger charge is 2.37. The molecule has 1 aromatic heterocycles. The number of H-pyrrole nitrogens is 1. The van der Waals surface area contributed by atoms with Crippen LogP contribution >= 0.6 is 0 Å². The molecule has 0 saturated heterocycles. The number of benzene rings is 2. The zero-order chi connectivity index (χ0) is 22.1. The highest BCUT2D eigenvalue weighted by Crippen LogP contribution is 2.41. The van der Waals surface area contributed by atoms with Crippen LogP contribution < -0.4 is 16.1 Å². The van der Waals surface area contributed by atoms with Gasteiger partial charge in [-0.3, -0.25) is 20.1 Å². The summed E-state index contributed by atoms with van der Waals surface area (Å²) in [6, 6.07) is 15.0. The van der Waals surface area contributed by atoms with Crippen LogP contribution in [-0.2, 0) is 17.8 Å². The van der Waals surface area contributed by atoms with Crippen LogP contribution in [0.3, 0.4) is 0 Å². The van der Waals surface area contributed by atoms with Crippen LogP contribution in [0.5, 0.6) is 0 Å². The molecule has 0 bridgehead atoms. The van der Waals surface area contributed by atoms with E-state index in [1.807, 2.05) is 6.07 Å². The molecule has 1 aliphatic carbocycles. The Kier molecular flexibility index (Phi) is 5.68. The normalized spacial score (nSPS) is 20.8. The first kappa shape index (κ1) is 20.7. The SMILES string of the molecule is O=C(NO)c1ccc(CNC(=O)[C@H]2Cc3c([nH]c4ccccc34)[C@H](C3CCCC3)N2)cc1. The van der Waals surface area contributed by atoms with Gasteiger partial charge in [-0.25, -0.2) is 5.48 Å². The zero-order valence-corrected chi connectivity index (χ0v) is 17.9. The lowest BCUT2D eigenvalue weighted by Gasteiger charge is -2.34. The molecule has 7 nitrogen and oxygen atoms in total. The van der Waals surface area contributed by atoms with Gasteiger partial charge in [-0.05, 0) is 54.5 Å². The summed E-state index contributed by atoms with van der Waals surface area (Å²) in [7, 11) is 0. The van der Waals surface area contributed by atoms with E-state index in [1.165, 1.54) is 42.3 Å². The van der Waals surface area contributed by atoms with Crippen molar-refractivity contribution in [2.75, 3.05) is 0 Å². The summed E-state index contributed by atoms with van der Waals surface area (Å²) in [6.45, 7) is 0.382. The van der Waals surface area contributed by atoms with Crippen molar-refractivity contribution in [2.24, 2.45) is 5.92 Å². The maximum atomic E-state index is 13.1. The average Bonchev–Trinajstić information content (AvgIpc) is 3.50. The number of aromatic amines is 1. The van der Waals surface area contributed by atoms with Crippen LogP contribution in [0.1, 0.15) is 58.9 Å². The molecule has 5 N–H and O–H groups in total. The first-order valence-electron chi connectivity index (χ1n) is 11.3. The van der Waals surface area contributed by atoms with E-state index < -0.39 is 5.91 Å². The molecule has 32 heavy (non-hydrogen) atoms. The molecular formula is C25H28N4O3. The molecule has 0 radical (unpaired) electrons. The largest absolute Gasteiger partial charge is 0.357 e. The van der Waals surface area contributed by atoms with Crippen molar-refractivity contribution in [3.63, 3.8) is 0 Å². The predicted molar refractivity (Wildman–Crippen MR) is 121 cm³/mol. The molecule has 7 heteroatoms. The minimum Gasteiger partial charge on any atom is -0.357 e. The minimum atomic E-state index is -0.556. The predicted octanol–water partition coefficient (Wildman–Crippen LogP) is 3.35. The zero-order valence-electron chi connectivity index (χ0n) is 17.9. The number of carbonyl (C=O) groups excluding carboxylic acids is 2. The van der Waals surface area contributed by atoms with Gasteiger partial charge < -0.3 is 10.3 Å². The molecular weight excluding hydrogens is 404 g/mol. The summed E-state index contributed by atoms with van der Waals surface area (Å²) in [5.41, 5.74) is 6.52. The molecule has 1 aliphatic heterocycles. The van der Waals surface area contributed by atoms with Crippen molar-refractivity contribution < 1.29 is 14.8 Å². The van der Waals surface area contributed by atoms with Gasteiger partial charge in [-0.2, -0.15) is 0 Å². The number of rotatable bonds is 5. The fourth-order valence-corrected chi connectivity index (χ4v) is 5.25. The summed E-state index contributed by atoms with van der Waals surface area (Å²) >= 11 is 0. The average molecular weight is 433 g/mol. The Balaban J connectivity index is 1.33. The fourth-order valence-electron chi connectivity index (χ4n) is 5.25. The second kappa shape index (κ2) is 8.76. The summed E-state index contributed by atoms with van der Waals surface area (Å²) in [5, 5.41) is 16.7. The maximum Gasteiger partial charge on any atom is 0.274 e. The summed E-state index contributed by atoms with van der Waals surface area (Å²) in [5.74, 6) is -0.0248. The van der Waals surface area contributed by atoms with Gasteiger partial charge in [-0.15, -0.1) is 0 Å². The van der Waals surface area contributed by atoms with Gasteiger partial charge in [-0.1, -0.05) is 43.2 Å². The quantitative estimate of drug-likeness (QED) is 0.315. The number of hydrogen-bond donors (Lipinski definition) is 5. The summed E-state index contributed by atoms with van der Waals surface area (Å²) < 4.78 is 0. The molecule has 166 valence electrons. The Morgan fingerprint density at radius 3 is 2.53 bits per heavy atom. The Morgan fingerprint density at radius 1 is 1.03 bits per heavy atom. The molecule has 1 saturated carbocycles. The highest BCUT2D eigenvalue weighted by atomic mass is 16.5. The number of para-hydroxylation sites is 1. The Morgan fingerprint density at radius 2 is 1.78 bits per heavy atom. The van der Waals surface area contributed by atoms with Gasteiger partial charge in [0.05, 0.1) is 12.1 Å². The van der Waals surface area contributed by atoms with Crippen molar-refractivity contribution in [3.05, 3.63) is 70.9 Å². The number of fused-ring (bicyclic) bond motifs is 3.